The summed E-state index contributed by atoms with van der Waals surface area (Å²) in [4.78, 5) is 26.5. The van der Waals surface area contributed by atoms with Crippen molar-refractivity contribution >= 4 is 34.8 Å². The highest BCUT2D eigenvalue weighted by atomic mass is 35.5. The van der Waals surface area contributed by atoms with Gasteiger partial charge < -0.3 is 15.0 Å². The van der Waals surface area contributed by atoms with Crippen molar-refractivity contribution in [3.63, 3.8) is 0 Å². The van der Waals surface area contributed by atoms with Crippen molar-refractivity contribution in [3.05, 3.63) is 53.1 Å². The minimum Gasteiger partial charge on any atom is -0.494 e. The normalized spacial score (nSPS) is 16.7. The molecule has 2 aromatic carbocycles. The predicted molar refractivity (Wildman–Crippen MR) is 103 cm³/mol. The molecular weight excluding hydrogens is 352 g/mol. The molecule has 6 heteroatoms. The largest absolute Gasteiger partial charge is 0.494 e. The van der Waals surface area contributed by atoms with E-state index in [4.69, 9.17) is 16.3 Å². The van der Waals surface area contributed by atoms with Crippen LogP contribution < -0.4 is 15.0 Å². The van der Waals surface area contributed by atoms with Gasteiger partial charge in [-0.25, -0.2) is 0 Å². The lowest BCUT2D eigenvalue weighted by Crippen LogP contribution is -2.28. The number of nitrogens with one attached hydrogen (secondary N) is 1. The number of nitrogens with zero attached hydrogens (tertiary/aromatic N) is 1. The van der Waals surface area contributed by atoms with Crippen LogP contribution in [0.25, 0.3) is 0 Å². The van der Waals surface area contributed by atoms with Crippen molar-refractivity contribution < 1.29 is 14.3 Å². The Hall–Kier alpha value is -2.53. The van der Waals surface area contributed by atoms with E-state index < -0.39 is 5.92 Å². The molecule has 5 nitrogen and oxygen atoms in total. The van der Waals surface area contributed by atoms with Gasteiger partial charge in [-0.1, -0.05) is 17.7 Å². The van der Waals surface area contributed by atoms with Gasteiger partial charge in [-0.3, -0.25) is 9.59 Å². The van der Waals surface area contributed by atoms with Crippen LogP contribution >= 0.6 is 11.6 Å². The average Bonchev–Trinajstić information content (AvgIpc) is 3.01. The third-order valence-corrected chi connectivity index (χ3v) is 4.80. The Labute approximate surface area is 157 Å². The zero-order chi connectivity index (χ0) is 18.7. The van der Waals surface area contributed by atoms with Crippen molar-refractivity contribution in [3.8, 4) is 5.75 Å². The van der Waals surface area contributed by atoms with Gasteiger partial charge in [0.1, 0.15) is 5.75 Å². The van der Waals surface area contributed by atoms with Crippen molar-refractivity contribution in [2.75, 3.05) is 23.4 Å². The van der Waals surface area contributed by atoms with Crippen LogP contribution in [0.15, 0.2) is 42.5 Å². The monoisotopic (exact) mass is 372 g/mol. The Morgan fingerprint density at radius 3 is 2.65 bits per heavy atom. The molecule has 0 radical (unpaired) electrons. The molecule has 1 N–H and O–H groups in total. The summed E-state index contributed by atoms with van der Waals surface area (Å²) in [6.45, 7) is 4.76. The average molecular weight is 373 g/mol. The fourth-order valence-corrected chi connectivity index (χ4v) is 3.10. The van der Waals surface area contributed by atoms with Crippen LogP contribution in [0.1, 0.15) is 18.9 Å². The summed E-state index contributed by atoms with van der Waals surface area (Å²) in [6.07, 6.45) is 0.189. The quantitative estimate of drug-likeness (QED) is 0.861. The van der Waals surface area contributed by atoms with Crippen LogP contribution in [0.4, 0.5) is 11.4 Å². The Balaban J connectivity index is 1.65. The van der Waals surface area contributed by atoms with Gasteiger partial charge in [-0.2, -0.15) is 0 Å². The van der Waals surface area contributed by atoms with Crippen molar-refractivity contribution in [1.29, 1.82) is 0 Å². The highest BCUT2D eigenvalue weighted by molar-refractivity contribution is 6.31. The molecular formula is C20H21ClN2O3. The van der Waals surface area contributed by atoms with E-state index in [1.807, 2.05) is 26.0 Å². The van der Waals surface area contributed by atoms with Gasteiger partial charge in [-0.05, 0) is 55.8 Å². The Morgan fingerprint density at radius 1 is 1.27 bits per heavy atom. The van der Waals surface area contributed by atoms with E-state index in [1.54, 1.807) is 35.2 Å². The fourth-order valence-electron chi connectivity index (χ4n) is 2.93. The zero-order valence-electron chi connectivity index (χ0n) is 14.8. The van der Waals surface area contributed by atoms with Crippen LogP contribution in [-0.4, -0.2) is 25.0 Å². The highest BCUT2D eigenvalue weighted by Gasteiger charge is 2.35. The molecule has 136 valence electrons. The van der Waals surface area contributed by atoms with E-state index >= 15 is 0 Å². The lowest BCUT2D eigenvalue weighted by molar-refractivity contribution is -0.122. The molecule has 1 fully saturated rings. The first-order valence-electron chi connectivity index (χ1n) is 8.58. The summed E-state index contributed by atoms with van der Waals surface area (Å²) in [6, 6.07) is 12.7. The molecule has 3 rings (SSSR count). The molecule has 1 aliphatic heterocycles. The van der Waals surface area contributed by atoms with Gasteiger partial charge in [0.15, 0.2) is 0 Å². The molecule has 2 amide bonds. The lowest BCUT2D eigenvalue weighted by Gasteiger charge is -2.17. The third kappa shape index (κ3) is 3.99. The van der Waals surface area contributed by atoms with Crippen LogP contribution in [0.5, 0.6) is 5.75 Å². The summed E-state index contributed by atoms with van der Waals surface area (Å²) in [7, 11) is 0. The van der Waals surface area contributed by atoms with E-state index in [0.717, 1.165) is 17.0 Å². The van der Waals surface area contributed by atoms with Crippen LogP contribution in [-0.2, 0) is 9.59 Å². The van der Waals surface area contributed by atoms with E-state index in [-0.39, 0.29) is 18.2 Å². The molecule has 26 heavy (non-hydrogen) atoms. The predicted octanol–water partition coefficient (Wildman–Crippen LogP) is 4.04. The number of amides is 2. The minimum absolute atomic E-state index is 0.0724. The van der Waals surface area contributed by atoms with Crippen LogP contribution in [0.3, 0.4) is 0 Å². The smallest absolute Gasteiger partial charge is 0.229 e. The molecule has 0 unspecified atom stereocenters. The Bertz CT molecular complexity index is 820. The van der Waals surface area contributed by atoms with Crippen molar-refractivity contribution in [2.45, 2.75) is 20.3 Å². The minimum atomic E-state index is -0.394. The molecule has 1 aliphatic rings. The van der Waals surface area contributed by atoms with E-state index in [9.17, 15) is 9.59 Å². The number of hydrogen-bond donors (Lipinski definition) is 1. The molecule has 0 aliphatic carbocycles. The van der Waals surface area contributed by atoms with Crippen molar-refractivity contribution in [2.24, 2.45) is 5.92 Å². The summed E-state index contributed by atoms with van der Waals surface area (Å²) >= 11 is 6.15. The molecule has 0 spiro atoms. The van der Waals surface area contributed by atoms with Gasteiger partial charge in [0, 0.05) is 29.4 Å². The van der Waals surface area contributed by atoms with Gasteiger partial charge in [0.2, 0.25) is 11.8 Å². The Morgan fingerprint density at radius 2 is 2.00 bits per heavy atom. The van der Waals surface area contributed by atoms with E-state index in [2.05, 4.69) is 5.32 Å². The second kappa shape index (κ2) is 7.79. The van der Waals surface area contributed by atoms with Gasteiger partial charge in [-0.15, -0.1) is 0 Å². The SMILES string of the molecule is CCOc1ccc(NC(=O)[C@@H]2CC(=O)N(c3ccc(C)c(Cl)c3)C2)cc1. The van der Waals surface area contributed by atoms with Gasteiger partial charge in [0.25, 0.3) is 0 Å². The van der Waals surface area contributed by atoms with E-state index in [0.29, 0.717) is 23.9 Å². The standard InChI is InChI=1S/C20H21ClN2O3/c1-3-26-17-8-5-15(6-9-17)22-20(25)14-10-19(24)23(12-14)16-7-4-13(2)18(21)11-16/h4-9,11,14H,3,10,12H2,1-2H3,(H,22,25)/t14-/m1/s1. The number of hydrogen-bond acceptors (Lipinski definition) is 3. The number of benzene rings is 2. The number of aryl methyl sites for hydroxylation is 1. The maximum absolute atomic E-state index is 12.5. The van der Waals surface area contributed by atoms with Gasteiger partial charge >= 0.3 is 0 Å². The first-order chi connectivity index (χ1) is 12.5. The summed E-state index contributed by atoms with van der Waals surface area (Å²) in [5.41, 5.74) is 2.36. The molecule has 0 saturated carbocycles. The first kappa shape index (κ1) is 18.3. The molecule has 2 aromatic rings. The van der Waals surface area contributed by atoms with Gasteiger partial charge in [0.05, 0.1) is 12.5 Å². The zero-order valence-corrected chi connectivity index (χ0v) is 15.5. The lowest BCUT2D eigenvalue weighted by atomic mass is 10.1. The summed E-state index contributed by atoms with van der Waals surface area (Å²) in [5.74, 6) is 0.123. The third-order valence-electron chi connectivity index (χ3n) is 4.40. The molecule has 0 bridgehead atoms. The second-order valence-electron chi connectivity index (χ2n) is 6.29. The van der Waals surface area contributed by atoms with Crippen LogP contribution in [0, 0.1) is 12.8 Å². The second-order valence-corrected chi connectivity index (χ2v) is 6.69. The summed E-state index contributed by atoms with van der Waals surface area (Å²) < 4.78 is 5.39. The maximum atomic E-state index is 12.5. The number of halogens is 1. The Kier molecular flexibility index (Phi) is 5.47. The highest BCUT2D eigenvalue weighted by Crippen LogP contribution is 2.29. The van der Waals surface area contributed by atoms with Crippen LogP contribution in [0.2, 0.25) is 5.02 Å². The number of carbonyl (C=O) groups excluding carboxylic acids is 2. The fraction of sp³-hybridized carbons (Fsp3) is 0.300. The first-order valence-corrected chi connectivity index (χ1v) is 8.96. The van der Waals surface area contributed by atoms with Crippen molar-refractivity contribution in [1.82, 2.24) is 0 Å². The summed E-state index contributed by atoms with van der Waals surface area (Å²) in [5, 5.41) is 3.48. The molecule has 0 aromatic heterocycles. The number of ether oxygens (including phenoxy) is 1. The molecule has 1 saturated heterocycles. The molecule has 1 heterocycles. The maximum Gasteiger partial charge on any atom is 0.229 e. The topological polar surface area (TPSA) is 58.6 Å². The number of anilines is 2. The number of carbonyl (C=O) groups is 2. The molecule has 1 atom stereocenters. The van der Waals surface area contributed by atoms with E-state index in [1.165, 1.54) is 0 Å². The number of rotatable bonds is 5.